The summed E-state index contributed by atoms with van der Waals surface area (Å²) in [5.41, 5.74) is 0.809. The summed E-state index contributed by atoms with van der Waals surface area (Å²) in [5, 5.41) is 12.3. The predicted octanol–water partition coefficient (Wildman–Crippen LogP) is 4.64. The third-order valence-corrected chi connectivity index (χ3v) is 5.31. The molecule has 0 saturated carbocycles. The van der Waals surface area contributed by atoms with Crippen molar-refractivity contribution in [3.05, 3.63) is 62.5 Å². The Morgan fingerprint density at radius 3 is 2.62 bits per heavy atom. The van der Waals surface area contributed by atoms with Gasteiger partial charge < -0.3 is 5.11 Å². The number of ketones is 1. The van der Waals surface area contributed by atoms with Gasteiger partial charge in [-0.2, -0.15) is 0 Å². The number of aliphatic hydroxyl groups excluding tert-OH is 1. The van der Waals surface area contributed by atoms with Crippen LogP contribution in [0.2, 0.25) is 0 Å². The zero-order valence-corrected chi connectivity index (χ0v) is 15.6. The molecule has 6 heteroatoms. The van der Waals surface area contributed by atoms with Gasteiger partial charge in [-0.15, -0.1) is 11.3 Å². The first-order valence-electron chi connectivity index (χ1n) is 7.51. The Balaban J connectivity index is 2.17. The highest BCUT2D eigenvalue weighted by Crippen LogP contribution is 2.43. The molecule has 1 N–H and O–H groups in total. The smallest absolute Gasteiger partial charge is 0.294 e. The first kappa shape index (κ1) is 16.9. The number of rotatable bonds is 4. The number of amides is 1. The van der Waals surface area contributed by atoms with Gasteiger partial charge in [0.25, 0.3) is 5.91 Å². The zero-order valence-electron chi connectivity index (χ0n) is 13.2. The van der Waals surface area contributed by atoms with Crippen molar-refractivity contribution in [1.82, 2.24) is 0 Å². The average molecular weight is 406 g/mol. The van der Waals surface area contributed by atoms with Crippen LogP contribution in [0.15, 0.2) is 57.6 Å². The van der Waals surface area contributed by atoms with Gasteiger partial charge in [0.15, 0.2) is 11.5 Å². The number of benzene rings is 1. The molecule has 124 valence electrons. The Labute approximate surface area is 152 Å². The number of Topliss-reactive ketones (excluding diaryl/α,β-unsaturated/α-hetero) is 1. The standard InChI is InChI=1S/C18H16BrNO3S/c1-10(2)16(21)14-15(13-7-4-8-24-13)20(18(23)17(14)22)12-6-3-5-11(19)9-12/h3-10,15,22H,1-2H3. The van der Waals surface area contributed by atoms with Crippen LogP contribution in [0.1, 0.15) is 24.8 Å². The van der Waals surface area contributed by atoms with Crippen LogP contribution in [0.3, 0.4) is 0 Å². The summed E-state index contributed by atoms with van der Waals surface area (Å²) in [6.07, 6.45) is 0. The summed E-state index contributed by atoms with van der Waals surface area (Å²) < 4.78 is 0.820. The van der Waals surface area contributed by atoms with Gasteiger partial charge in [0.2, 0.25) is 0 Å². The van der Waals surface area contributed by atoms with E-state index in [0.29, 0.717) is 5.69 Å². The lowest BCUT2D eigenvalue weighted by Gasteiger charge is -2.26. The minimum atomic E-state index is -0.596. The van der Waals surface area contributed by atoms with E-state index in [9.17, 15) is 14.7 Å². The van der Waals surface area contributed by atoms with E-state index in [1.807, 2.05) is 29.6 Å². The second-order valence-electron chi connectivity index (χ2n) is 5.85. The number of carbonyl (C=O) groups excluding carboxylic acids is 2. The highest BCUT2D eigenvalue weighted by Gasteiger charge is 2.45. The molecule has 1 atom stereocenters. The van der Waals surface area contributed by atoms with Gasteiger partial charge in [0.05, 0.1) is 5.57 Å². The number of anilines is 1. The molecule has 0 fully saturated rings. The van der Waals surface area contributed by atoms with E-state index in [-0.39, 0.29) is 17.3 Å². The monoisotopic (exact) mass is 405 g/mol. The summed E-state index contributed by atoms with van der Waals surface area (Å²) in [6, 6.07) is 10.4. The van der Waals surface area contributed by atoms with E-state index in [2.05, 4.69) is 15.9 Å². The molecule has 24 heavy (non-hydrogen) atoms. The molecule has 2 aromatic rings. The zero-order chi connectivity index (χ0) is 17.4. The molecule has 0 spiro atoms. The minimum Gasteiger partial charge on any atom is -0.503 e. The lowest BCUT2D eigenvalue weighted by atomic mass is 9.94. The van der Waals surface area contributed by atoms with Crippen LogP contribution in [0.4, 0.5) is 5.69 Å². The van der Waals surface area contributed by atoms with E-state index >= 15 is 0 Å². The predicted molar refractivity (Wildman–Crippen MR) is 98.2 cm³/mol. The second-order valence-corrected chi connectivity index (χ2v) is 7.75. The molecular formula is C18H16BrNO3S. The molecule has 2 heterocycles. The van der Waals surface area contributed by atoms with E-state index in [1.54, 1.807) is 26.0 Å². The lowest BCUT2D eigenvalue weighted by Crippen LogP contribution is -2.31. The molecule has 0 bridgehead atoms. The Morgan fingerprint density at radius 2 is 2.04 bits per heavy atom. The maximum Gasteiger partial charge on any atom is 0.294 e. The Kier molecular flexibility index (Phi) is 4.60. The van der Waals surface area contributed by atoms with Crippen LogP contribution in [0, 0.1) is 5.92 Å². The largest absolute Gasteiger partial charge is 0.503 e. The Bertz CT molecular complexity index is 827. The summed E-state index contributed by atoms with van der Waals surface area (Å²) in [7, 11) is 0. The first-order chi connectivity index (χ1) is 11.4. The molecule has 1 aliphatic rings. The van der Waals surface area contributed by atoms with Crippen molar-refractivity contribution < 1.29 is 14.7 Å². The fourth-order valence-corrected chi connectivity index (χ4v) is 3.99. The maximum absolute atomic E-state index is 12.7. The molecule has 4 nitrogen and oxygen atoms in total. The third-order valence-electron chi connectivity index (χ3n) is 3.90. The minimum absolute atomic E-state index is 0.178. The van der Waals surface area contributed by atoms with Gasteiger partial charge >= 0.3 is 0 Å². The second kappa shape index (κ2) is 6.53. The van der Waals surface area contributed by atoms with Crippen molar-refractivity contribution in [2.75, 3.05) is 4.90 Å². The fourth-order valence-electron chi connectivity index (χ4n) is 2.78. The molecular weight excluding hydrogens is 390 g/mol. The first-order valence-corrected chi connectivity index (χ1v) is 9.19. The average Bonchev–Trinajstić information content (AvgIpc) is 3.14. The van der Waals surface area contributed by atoms with Crippen molar-refractivity contribution in [3.63, 3.8) is 0 Å². The quantitative estimate of drug-likeness (QED) is 0.805. The molecule has 1 aromatic heterocycles. The molecule has 1 unspecified atom stereocenters. The molecule has 1 aliphatic heterocycles. The van der Waals surface area contributed by atoms with Gasteiger partial charge in [0, 0.05) is 21.0 Å². The van der Waals surface area contributed by atoms with Crippen molar-refractivity contribution in [3.8, 4) is 0 Å². The summed E-state index contributed by atoms with van der Waals surface area (Å²) in [4.78, 5) is 27.7. The summed E-state index contributed by atoms with van der Waals surface area (Å²) in [6.45, 7) is 3.53. The van der Waals surface area contributed by atoms with Crippen LogP contribution >= 0.6 is 27.3 Å². The third kappa shape index (κ3) is 2.80. The number of thiophene rings is 1. The lowest BCUT2D eigenvalue weighted by molar-refractivity contribution is -0.119. The Hall–Kier alpha value is -1.92. The van der Waals surface area contributed by atoms with Crippen molar-refractivity contribution >= 4 is 44.6 Å². The number of hydrogen-bond donors (Lipinski definition) is 1. The molecule has 0 aliphatic carbocycles. The Morgan fingerprint density at radius 1 is 1.29 bits per heavy atom. The van der Waals surface area contributed by atoms with Crippen LogP contribution < -0.4 is 4.90 Å². The van der Waals surface area contributed by atoms with Crippen molar-refractivity contribution in [2.45, 2.75) is 19.9 Å². The van der Waals surface area contributed by atoms with Gasteiger partial charge in [-0.25, -0.2) is 0 Å². The topological polar surface area (TPSA) is 57.6 Å². The van der Waals surface area contributed by atoms with Crippen LogP contribution in [-0.4, -0.2) is 16.8 Å². The highest BCUT2D eigenvalue weighted by atomic mass is 79.9. The highest BCUT2D eigenvalue weighted by molar-refractivity contribution is 9.10. The molecule has 3 rings (SSSR count). The summed E-state index contributed by atoms with van der Waals surface area (Å²) in [5.74, 6) is -1.51. The fraction of sp³-hybridized carbons (Fsp3) is 0.222. The normalized spacial score (nSPS) is 17.9. The van der Waals surface area contributed by atoms with Gasteiger partial charge in [-0.05, 0) is 29.6 Å². The number of hydrogen-bond acceptors (Lipinski definition) is 4. The molecule has 1 amide bonds. The number of aliphatic hydroxyl groups is 1. The van der Waals surface area contributed by atoms with Crippen molar-refractivity contribution in [1.29, 1.82) is 0 Å². The van der Waals surface area contributed by atoms with E-state index in [1.165, 1.54) is 16.2 Å². The number of carbonyl (C=O) groups is 2. The maximum atomic E-state index is 12.7. The number of nitrogens with zero attached hydrogens (tertiary/aromatic N) is 1. The van der Waals surface area contributed by atoms with Crippen LogP contribution in [0.25, 0.3) is 0 Å². The van der Waals surface area contributed by atoms with E-state index in [4.69, 9.17) is 0 Å². The van der Waals surface area contributed by atoms with Crippen molar-refractivity contribution in [2.24, 2.45) is 5.92 Å². The van der Waals surface area contributed by atoms with Gasteiger partial charge in [0.1, 0.15) is 6.04 Å². The van der Waals surface area contributed by atoms with E-state index in [0.717, 1.165) is 9.35 Å². The molecule has 0 saturated heterocycles. The summed E-state index contributed by atoms with van der Waals surface area (Å²) >= 11 is 4.86. The van der Waals surface area contributed by atoms with Crippen LogP contribution in [0.5, 0.6) is 0 Å². The SMILES string of the molecule is CC(C)C(=O)C1=C(O)C(=O)N(c2cccc(Br)c2)C1c1cccs1. The molecule has 1 aromatic carbocycles. The van der Waals surface area contributed by atoms with Crippen LogP contribution in [-0.2, 0) is 9.59 Å². The molecule has 0 radical (unpaired) electrons. The van der Waals surface area contributed by atoms with Gasteiger partial charge in [-0.1, -0.05) is 41.9 Å². The van der Waals surface area contributed by atoms with E-state index < -0.39 is 17.7 Å². The number of halogens is 1. The van der Waals surface area contributed by atoms with Gasteiger partial charge in [-0.3, -0.25) is 14.5 Å².